The van der Waals surface area contributed by atoms with Crippen molar-refractivity contribution >= 4 is 23.1 Å². The fourth-order valence-corrected chi connectivity index (χ4v) is 3.38. The van der Waals surface area contributed by atoms with Gasteiger partial charge in [0.2, 0.25) is 0 Å². The molecule has 0 aliphatic rings. The van der Waals surface area contributed by atoms with E-state index in [0.717, 1.165) is 29.0 Å². The molecule has 0 saturated heterocycles. The Labute approximate surface area is 146 Å². The zero-order chi connectivity index (χ0) is 17.5. The Morgan fingerprint density at radius 2 is 2.04 bits per heavy atom. The van der Waals surface area contributed by atoms with Crippen LogP contribution >= 0.6 is 11.3 Å². The molecule has 1 heterocycles. The van der Waals surface area contributed by atoms with Crippen molar-refractivity contribution in [2.24, 2.45) is 5.92 Å². The molecule has 1 unspecified atom stereocenters. The zero-order valence-corrected chi connectivity index (χ0v) is 15.1. The Kier molecular flexibility index (Phi) is 6.63. The number of urea groups is 1. The molecule has 1 aromatic carbocycles. The highest BCUT2D eigenvalue weighted by atomic mass is 32.1. The lowest BCUT2D eigenvalue weighted by Crippen LogP contribution is -2.35. The van der Waals surface area contributed by atoms with Crippen molar-refractivity contribution < 1.29 is 14.6 Å². The number of aryl methyl sites for hydroxylation is 2. The first-order chi connectivity index (χ1) is 11.5. The highest BCUT2D eigenvalue weighted by molar-refractivity contribution is 7.07. The molecule has 0 aliphatic heterocycles. The van der Waals surface area contributed by atoms with Gasteiger partial charge in [0, 0.05) is 24.8 Å². The standard InChI is InChI=1S/C18H24N2O3S/c1-12-6-16(7-13(2)17(12)23-3)20-18(22)19-9-15(10-21)8-14-4-5-24-11-14/h4-7,11,15,21H,8-10H2,1-3H3,(H2,19,20,22). The normalized spacial score (nSPS) is 11.8. The Morgan fingerprint density at radius 3 is 2.58 bits per heavy atom. The molecule has 2 rings (SSSR count). The van der Waals surface area contributed by atoms with Crippen LogP contribution in [0.2, 0.25) is 0 Å². The number of hydrogen-bond donors (Lipinski definition) is 3. The first-order valence-electron chi connectivity index (χ1n) is 7.85. The summed E-state index contributed by atoms with van der Waals surface area (Å²) < 4.78 is 5.32. The van der Waals surface area contributed by atoms with Gasteiger partial charge in [-0.25, -0.2) is 4.79 Å². The lowest BCUT2D eigenvalue weighted by atomic mass is 10.0. The molecule has 6 heteroatoms. The van der Waals surface area contributed by atoms with E-state index in [4.69, 9.17) is 4.74 Å². The second-order valence-electron chi connectivity index (χ2n) is 5.86. The van der Waals surface area contributed by atoms with Crippen molar-refractivity contribution in [1.29, 1.82) is 0 Å². The molecule has 0 saturated carbocycles. The highest BCUT2D eigenvalue weighted by Crippen LogP contribution is 2.26. The smallest absolute Gasteiger partial charge is 0.319 e. The molecule has 0 fully saturated rings. The minimum Gasteiger partial charge on any atom is -0.496 e. The van der Waals surface area contributed by atoms with Crippen molar-refractivity contribution in [1.82, 2.24) is 5.32 Å². The van der Waals surface area contributed by atoms with E-state index in [1.54, 1.807) is 18.4 Å². The van der Waals surface area contributed by atoms with Crippen LogP contribution in [0, 0.1) is 19.8 Å². The number of anilines is 1. The number of aliphatic hydroxyl groups excluding tert-OH is 1. The first kappa shape index (κ1) is 18.3. The molecule has 0 bridgehead atoms. The van der Waals surface area contributed by atoms with E-state index in [1.165, 1.54) is 5.56 Å². The SMILES string of the molecule is COc1c(C)cc(NC(=O)NCC(CO)Cc2ccsc2)cc1C. The highest BCUT2D eigenvalue weighted by Gasteiger charge is 2.12. The number of hydrogen-bond acceptors (Lipinski definition) is 4. The third kappa shape index (κ3) is 4.97. The number of carbonyl (C=O) groups excluding carboxylic acids is 1. The molecule has 2 amide bonds. The van der Waals surface area contributed by atoms with Crippen LogP contribution in [0.1, 0.15) is 16.7 Å². The van der Waals surface area contributed by atoms with Crippen LogP contribution in [0.4, 0.5) is 10.5 Å². The number of amides is 2. The molecule has 1 atom stereocenters. The largest absolute Gasteiger partial charge is 0.496 e. The van der Waals surface area contributed by atoms with Gasteiger partial charge in [-0.3, -0.25) is 0 Å². The van der Waals surface area contributed by atoms with Gasteiger partial charge in [-0.1, -0.05) is 0 Å². The van der Waals surface area contributed by atoms with E-state index in [-0.39, 0.29) is 18.6 Å². The monoisotopic (exact) mass is 348 g/mol. The third-order valence-corrected chi connectivity index (χ3v) is 4.57. The number of thiophene rings is 1. The van der Waals surface area contributed by atoms with E-state index >= 15 is 0 Å². The average Bonchev–Trinajstić information content (AvgIpc) is 3.04. The van der Waals surface area contributed by atoms with E-state index < -0.39 is 0 Å². The van der Waals surface area contributed by atoms with E-state index in [0.29, 0.717) is 6.54 Å². The summed E-state index contributed by atoms with van der Waals surface area (Å²) in [5, 5.41) is 19.2. The maximum atomic E-state index is 12.1. The average molecular weight is 348 g/mol. The van der Waals surface area contributed by atoms with Crippen LogP contribution < -0.4 is 15.4 Å². The predicted molar refractivity (Wildman–Crippen MR) is 98.1 cm³/mol. The molecule has 24 heavy (non-hydrogen) atoms. The number of methoxy groups -OCH3 is 1. The summed E-state index contributed by atoms with van der Waals surface area (Å²) >= 11 is 1.63. The van der Waals surface area contributed by atoms with Crippen molar-refractivity contribution in [3.63, 3.8) is 0 Å². The Balaban J connectivity index is 1.88. The molecule has 5 nitrogen and oxygen atoms in total. The minimum atomic E-state index is -0.275. The Hall–Kier alpha value is -2.05. The molecule has 0 spiro atoms. The van der Waals surface area contributed by atoms with Crippen LogP contribution in [0.3, 0.4) is 0 Å². The summed E-state index contributed by atoms with van der Waals surface area (Å²) in [5.74, 6) is 0.835. The topological polar surface area (TPSA) is 70.6 Å². The Morgan fingerprint density at radius 1 is 1.33 bits per heavy atom. The summed E-state index contributed by atoms with van der Waals surface area (Å²) in [7, 11) is 1.64. The number of aliphatic hydroxyl groups is 1. The summed E-state index contributed by atoms with van der Waals surface area (Å²) in [5.41, 5.74) is 3.85. The fraction of sp³-hybridized carbons (Fsp3) is 0.389. The second-order valence-corrected chi connectivity index (χ2v) is 6.64. The number of ether oxygens (including phenoxy) is 1. The van der Waals surface area contributed by atoms with Crippen LogP contribution in [-0.4, -0.2) is 31.4 Å². The lowest BCUT2D eigenvalue weighted by Gasteiger charge is -2.16. The number of nitrogens with one attached hydrogen (secondary N) is 2. The van der Waals surface area contributed by atoms with Crippen LogP contribution in [0.25, 0.3) is 0 Å². The summed E-state index contributed by atoms with van der Waals surface area (Å²) in [6.07, 6.45) is 0.751. The maximum Gasteiger partial charge on any atom is 0.319 e. The van der Waals surface area contributed by atoms with E-state index in [1.807, 2.05) is 37.4 Å². The van der Waals surface area contributed by atoms with Gasteiger partial charge in [-0.2, -0.15) is 11.3 Å². The predicted octanol–water partition coefficient (Wildman–Crippen LogP) is 3.35. The molecule has 0 radical (unpaired) electrons. The van der Waals surface area contributed by atoms with Crippen molar-refractivity contribution in [3.8, 4) is 5.75 Å². The van der Waals surface area contributed by atoms with Crippen LogP contribution in [0.15, 0.2) is 29.0 Å². The van der Waals surface area contributed by atoms with Gasteiger partial charge in [0.05, 0.1) is 7.11 Å². The van der Waals surface area contributed by atoms with E-state index in [9.17, 15) is 9.90 Å². The van der Waals surface area contributed by atoms with Crippen molar-refractivity contribution in [3.05, 3.63) is 45.6 Å². The van der Waals surface area contributed by atoms with Crippen LogP contribution in [0.5, 0.6) is 5.75 Å². The molecule has 130 valence electrons. The summed E-state index contributed by atoms with van der Waals surface area (Å²) in [6, 6.07) is 5.51. The molecule has 0 aliphatic carbocycles. The van der Waals surface area contributed by atoms with Crippen molar-refractivity contribution in [2.75, 3.05) is 25.6 Å². The van der Waals surface area contributed by atoms with Gasteiger partial charge in [0.25, 0.3) is 0 Å². The maximum absolute atomic E-state index is 12.1. The molecular formula is C18H24N2O3S. The lowest BCUT2D eigenvalue weighted by molar-refractivity contribution is 0.218. The summed E-state index contributed by atoms with van der Waals surface area (Å²) in [6.45, 7) is 4.35. The number of benzene rings is 1. The Bertz CT molecular complexity index is 648. The van der Waals surface area contributed by atoms with Gasteiger partial charge in [0.1, 0.15) is 5.75 Å². The fourth-order valence-electron chi connectivity index (χ4n) is 2.70. The van der Waals surface area contributed by atoms with Crippen molar-refractivity contribution in [2.45, 2.75) is 20.3 Å². The molecule has 3 N–H and O–H groups in total. The second kappa shape index (κ2) is 8.70. The minimum absolute atomic E-state index is 0.00434. The number of rotatable bonds is 7. The van der Waals surface area contributed by atoms with Gasteiger partial charge >= 0.3 is 6.03 Å². The van der Waals surface area contributed by atoms with Gasteiger partial charge < -0.3 is 20.5 Å². The van der Waals surface area contributed by atoms with Gasteiger partial charge in [0.15, 0.2) is 0 Å². The van der Waals surface area contributed by atoms with Gasteiger partial charge in [-0.05, 0) is 65.9 Å². The molecule has 1 aromatic heterocycles. The molecular weight excluding hydrogens is 324 g/mol. The zero-order valence-electron chi connectivity index (χ0n) is 14.3. The van der Waals surface area contributed by atoms with Crippen LogP contribution in [-0.2, 0) is 6.42 Å². The first-order valence-corrected chi connectivity index (χ1v) is 8.79. The third-order valence-electron chi connectivity index (χ3n) is 3.84. The molecule has 2 aromatic rings. The van der Waals surface area contributed by atoms with E-state index in [2.05, 4.69) is 16.0 Å². The van der Waals surface area contributed by atoms with Gasteiger partial charge in [-0.15, -0.1) is 0 Å². The number of carbonyl (C=O) groups is 1. The quantitative estimate of drug-likeness (QED) is 0.719. The summed E-state index contributed by atoms with van der Waals surface area (Å²) in [4.78, 5) is 12.1.